The molecule has 5 heteroatoms. The summed E-state index contributed by atoms with van der Waals surface area (Å²) in [7, 11) is 3.46. The number of benzene rings is 1. The van der Waals surface area contributed by atoms with Crippen molar-refractivity contribution >= 4 is 5.95 Å². The van der Waals surface area contributed by atoms with Gasteiger partial charge in [-0.1, -0.05) is 12.1 Å². The number of hydrogen-bond donors (Lipinski definition) is 0. The molecule has 0 radical (unpaired) electrons. The Morgan fingerprint density at radius 3 is 2.53 bits per heavy atom. The van der Waals surface area contributed by atoms with E-state index in [-0.39, 0.29) is 11.9 Å². The van der Waals surface area contributed by atoms with E-state index in [1.54, 1.807) is 31.5 Å². The summed E-state index contributed by atoms with van der Waals surface area (Å²) in [4.78, 5) is 10.4. The fraction of sp³-hybridized carbons (Fsp3) is 0.286. The maximum absolute atomic E-state index is 12.9. The van der Waals surface area contributed by atoms with Crippen LogP contribution in [-0.4, -0.2) is 24.1 Å². The lowest BCUT2D eigenvalue weighted by Gasteiger charge is -2.25. The van der Waals surface area contributed by atoms with E-state index in [1.807, 2.05) is 18.9 Å². The van der Waals surface area contributed by atoms with Crippen molar-refractivity contribution in [3.05, 3.63) is 47.9 Å². The Morgan fingerprint density at radius 1 is 1.21 bits per heavy atom. The number of nitrogens with zero attached hydrogens (tertiary/aromatic N) is 3. The lowest BCUT2D eigenvalue weighted by molar-refractivity contribution is 0.396. The first-order valence-electron chi connectivity index (χ1n) is 5.97. The van der Waals surface area contributed by atoms with Crippen LogP contribution in [0, 0.1) is 5.82 Å². The molecule has 0 saturated heterocycles. The summed E-state index contributed by atoms with van der Waals surface area (Å²) in [5.41, 5.74) is 0.996. The number of anilines is 1. The van der Waals surface area contributed by atoms with E-state index in [9.17, 15) is 4.39 Å². The van der Waals surface area contributed by atoms with Gasteiger partial charge in [0.25, 0.3) is 0 Å². The number of aromatic nitrogens is 2. The molecule has 1 heterocycles. The molecule has 0 amide bonds. The van der Waals surface area contributed by atoms with Crippen molar-refractivity contribution in [2.24, 2.45) is 0 Å². The lowest BCUT2D eigenvalue weighted by Crippen LogP contribution is -2.23. The Morgan fingerprint density at radius 2 is 1.89 bits per heavy atom. The average Bonchev–Trinajstić information content (AvgIpc) is 2.46. The van der Waals surface area contributed by atoms with Gasteiger partial charge in [-0.3, -0.25) is 0 Å². The van der Waals surface area contributed by atoms with Gasteiger partial charge >= 0.3 is 0 Å². The van der Waals surface area contributed by atoms with E-state index in [0.29, 0.717) is 11.8 Å². The molecule has 0 bridgehead atoms. The Balaban J connectivity index is 2.22. The highest BCUT2D eigenvalue weighted by Crippen LogP contribution is 2.23. The predicted octanol–water partition coefficient (Wildman–Crippen LogP) is 2.82. The molecule has 4 nitrogen and oxygen atoms in total. The highest BCUT2D eigenvalue weighted by Gasteiger charge is 2.15. The monoisotopic (exact) mass is 261 g/mol. The number of ether oxygens (including phenoxy) is 1. The summed E-state index contributed by atoms with van der Waals surface area (Å²) in [5.74, 6) is 0.843. The summed E-state index contributed by atoms with van der Waals surface area (Å²) in [6.07, 6.45) is 1.65. The summed E-state index contributed by atoms with van der Waals surface area (Å²) >= 11 is 0. The highest BCUT2D eigenvalue weighted by atomic mass is 19.1. The van der Waals surface area contributed by atoms with Crippen molar-refractivity contribution in [1.82, 2.24) is 9.97 Å². The molecule has 0 saturated carbocycles. The zero-order valence-corrected chi connectivity index (χ0v) is 11.2. The summed E-state index contributed by atoms with van der Waals surface area (Å²) in [6.45, 7) is 2.01. The largest absolute Gasteiger partial charge is 0.481 e. The first kappa shape index (κ1) is 13.3. The lowest BCUT2D eigenvalue weighted by atomic mass is 10.1. The number of halogens is 1. The SMILES string of the molecule is COc1ccnc(N(C)C(C)c2ccc(F)cc2)n1. The van der Waals surface area contributed by atoms with Gasteiger partial charge < -0.3 is 9.64 Å². The van der Waals surface area contributed by atoms with Crippen molar-refractivity contribution in [2.45, 2.75) is 13.0 Å². The molecule has 1 atom stereocenters. The maximum Gasteiger partial charge on any atom is 0.228 e. The predicted molar refractivity (Wildman–Crippen MR) is 71.8 cm³/mol. The van der Waals surface area contributed by atoms with E-state index in [0.717, 1.165) is 5.56 Å². The van der Waals surface area contributed by atoms with Gasteiger partial charge in [0.2, 0.25) is 11.8 Å². The van der Waals surface area contributed by atoms with Gasteiger partial charge in [-0.05, 0) is 24.6 Å². The molecule has 1 aromatic heterocycles. The Bertz CT molecular complexity index is 545. The van der Waals surface area contributed by atoms with Crippen molar-refractivity contribution < 1.29 is 9.13 Å². The van der Waals surface area contributed by atoms with E-state index in [1.165, 1.54) is 12.1 Å². The molecule has 0 N–H and O–H groups in total. The van der Waals surface area contributed by atoms with Crippen LogP contribution in [0.3, 0.4) is 0 Å². The van der Waals surface area contributed by atoms with Crippen LogP contribution in [0.25, 0.3) is 0 Å². The highest BCUT2D eigenvalue weighted by molar-refractivity contribution is 5.36. The second kappa shape index (κ2) is 5.65. The van der Waals surface area contributed by atoms with Crippen LogP contribution >= 0.6 is 0 Å². The minimum atomic E-state index is -0.240. The molecule has 0 spiro atoms. The van der Waals surface area contributed by atoms with Crippen molar-refractivity contribution in [3.63, 3.8) is 0 Å². The van der Waals surface area contributed by atoms with Crippen LogP contribution in [0.4, 0.5) is 10.3 Å². The second-order valence-corrected chi connectivity index (χ2v) is 4.24. The summed E-state index contributed by atoms with van der Waals surface area (Å²) < 4.78 is 18.0. The zero-order valence-electron chi connectivity index (χ0n) is 11.2. The van der Waals surface area contributed by atoms with Crippen molar-refractivity contribution in [1.29, 1.82) is 0 Å². The topological polar surface area (TPSA) is 38.2 Å². The first-order chi connectivity index (χ1) is 9.11. The molecule has 0 aliphatic heterocycles. The minimum absolute atomic E-state index is 0.0349. The number of rotatable bonds is 4. The third-order valence-electron chi connectivity index (χ3n) is 3.08. The molecule has 19 heavy (non-hydrogen) atoms. The van der Waals surface area contributed by atoms with Gasteiger partial charge in [0, 0.05) is 19.3 Å². The van der Waals surface area contributed by atoms with Gasteiger partial charge in [-0.15, -0.1) is 0 Å². The maximum atomic E-state index is 12.9. The molecule has 1 unspecified atom stereocenters. The van der Waals surface area contributed by atoms with Crippen LogP contribution in [0.15, 0.2) is 36.5 Å². The fourth-order valence-corrected chi connectivity index (χ4v) is 1.75. The van der Waals surface area contributed by atoms with Crippen LogP contribution in [-0.2, 0) is 0 Å². The van der Waals surface area contributed by atoms with E-state index >= 15 is 0 Å². The first-order valence-corrected chi connectivity index (χ1v) is 5.97. The summed E-state index contributed by atoms with van der Waals surface area (Å²) in [6, 6.07) is 8.15. The quantitative estimate of drug-likeness (QED) is 0.848. The molecular weight excluding hydrogens is 245 g/mol. The molecule has 0 fully saturated rings. The third kappa shape index (κ3) is 2.99. The third-order valence-corrected chi connectivity index (χ3v) is 3.08. The van der Waals surface area contributed by atoms with Gasteiger partial charge in [0.15, 0.2) is 0 Å². The molecule has 1 aromatic carbocycles. The van der Waals surface area contributed by atoms with Crippen LogP contribution in [0.1, 0.15) is 18.5 Å². The zero-order chi connectivity index (χ0) is 13.8. The molecular formula is C14H16FN3O. The average molecular weight is 261 g/mol. The fourth-order valence-electron chi connectivity index (χ4n) is 1.75. The van der Waals surface area contributed by atoms with Crippen LogP contribution in [0.5, 0.6) is 5.88 Å². The standard InChI is InChI=1S/C14H16FN3O/c1-10(11-4-6-12(15)7-5-11)18(2)14-16-9-8-13(17-14)19-3/h4-10H,1-3H3. The van der Waals surface area contributed by atoms with Gasteiger partial charge in [-0.25, -0.2) is 9.37 Å². The number of hydrogen-bond acceptors (Lipinski definition) is 4. The smallest absolute Gasteiger partial charge is 0.228 e. The molecule has 0 aliphatic rings. The van der Waals surface area contributed by atoms with Crippen LogP contribution in [0.2, 0.25) is 0 Å². The van der Waals surface area contributed by atoms with Crippen LogP contribution < -0.4 is 9.64 Å². The van der Waals surface area contributed by atoms with Crippen molar-refractivity contribution in [2.75, 3.05) is 19.1 Å². The Hall–Kier alpha value is -2.17. The molecule has 2 aromatic rings. The normalized spacial score (nSPS) is 12.0. The Labute approximate surface area is 111 Å². The van der Waals surface area contributed by atoms with Gasteiger partial charge in [0.05, 0.1) is 13.2 Å². The molecule has 2 rings (SSSR count). The van der Waals surface area contributed by atoms with Crippen molar-refractivity contribution in [3.8, 4) is 5.88 Å². The van der Waals surface area contributed by atoms with Gasteiger partial charge in [-0.2, -0.15) is 4.98 Å². The Kier molecular flexibility index (Phi) is 3.94. The minimum Gasteiger partial charge on any atom is -0.481 e. The number of methoxy groups -OCH3 is 1. The van der Waals surface area contributed by atoms with E-state index in [4.69, 9.17) is 4.74 Å². The van der Waals surface area contributed by atoms with E-state index in [2.05, 4.69) is 9.97 Å². The molecule has 100 valence electrons. The summed E-state index contributed by atoms with van der Waals surface area (Å²) in [5, 5.41) is 0. The van der Waals surface area contributed by atoms with E-state index < -0.39 is 0 Å². The molecule has 0 aliphatic carbocycles. The second-order valence-electron chi connectivity index (χ2n) is 4.24. The van der Waals surface area contributed by atoms with Gasteiger partial charge in [0.1, 0.15) is 5.82 Å².